The number of hydrogen-bond acceptors (Lipinski definition) is 3. The molecule has 2 N–H and O–H groups in total. The lowest BCUT2D eigenvalue weighted by Crippen LogP contribution is -2.07. The molecule has 0 spiro atoms. The van der Waals surface area contributed by atoms with Crippen molar-refractivity contribution in [3.8, 4) is 11.9 Å². The fourth-order valence-electron chi connectivity index (χ4n) is 1.86. The molecular weight excluding hydrogens is 226 g/mol. The number of anilines is 1. The molecule has 4 heteroatoms. The van der Waals surface area contributed by atoms with Crippen LogP contribution in [0.1, 0.15) is 51.6 Å². The molecule has 0 saturated carbocycles. The Hall–Kier alpha value is -1.63. The third-order valence-corrected chi connectivity index (χ3v) is 2.91. The van der Waals surface area contributed by atoms with Crippen molar-refractivity contribution in [2.75, 3.05) is 12.3 Å². The summed E-state index contributed by atoms with van der Waals surface area (Å²) in [6, 6.07) is 3.88. The van der Waals surface area contributed by atoms with E-state index < -0.39 is 0 Å². The zero-order chi connectivity index (χ0) is 13.4. The number of hydrogen-bond donors (Lipinski definition) is 1. The summed E-state index contributed by atoms with van der Waals surface area (Å²) in [6.07, 6.45) is 5.44. The summed E-state index contributed by atoms with van der Waals surface area (Å²) < 4.78 is 7.61. The molecule has 0 bridgehead atoms. The molecule has 0 amide bonds. The highest BCUT2D eigenvalue weighted by atomic mass is 16.5. The maximum Gasteiger partial charge on any atom is 0.218 e. The third kappa shape index (κ3) is 3.69. The first-order valence-electron chi connectivity index (χ1n) is 6.76. The van der Waals surface area contributed by atoms with Crippen LogP contribution in [0.2, 0.25) is 0 Å². The van der Waals surface area contributed by atoms with Gasteiger partial charge in [0, 0.05) is 12.6 Å². The summed E-state index contributed by atoms with van der Waals surface area (Å²) in [7, 11) is 0. The van der Waals surface area contributed by atoms with Crippen molar-refractivity contribution in [2.24, 2.45) is 0 Å². The van der Waals surface area contributed by atoms with Crippen molar-refractivity contribution in [2.45, 2.75) is 52.5 Å². The molecule has 0 aliphatic rings. The molecule has 0 radical (unpaired) electrons. The molecule has 4 nitrogen and oxygen atoms in total. The van der Waals surface area contributed by atoms with E-state index >= 15 is 0 Å². The lowest BCUT2D eigenvalue weighted by atomic mass is 10.2. The molecule has 1 aromatic heterocycles. The second-order valence-electron chi connectivity index (χ2n) is 4.46. The first-order valence-corrected chi connectivity index (χ1v) is 6.76. The average molecular weight is 249 g/mol. The quantitative estimate of drug-likeness (QED) is 0.719. The summed E-state index contributed by atoms with van der Waals surface area (Å²) in [6.45, 7) is 5.74. The largest absolute Gasteiger partial charge is 0.477 e. The van der Waals surface area contributed by atoms with Crippen LogP contribution >= 0.6 is 0 Å². The van der Waals surface area contributed by atoms with Crippen LogP contribution in [-0.4, -0.2) is 11.2 Å². The Morgan fingerprint density at radius 3 is 2.61 bits per heavy atom. The standard InChI is InChI=1S/C14H23N3O/c1-3-5-7-8-17-12(11-15)10-13(16)14(17)18-9-6-4-2/h10H,3-9,16H2,1-2H3. The Bertz CT molecular complexity index is 404. The molecule has 0 atom stereocenters. The maximum atomic E-state index is 9.10. The van der Waals surface area contributed by atoms with E-state index in [1.54, 1.807) is 6.07 Å². The van der Waals surface area contributed by atoms with Crippen LogP contribution in [0.4, 0.5) is 5.69 Å². The van der Waals surface area contributed by atoms with Gasteiger partial charge in [0.05, 0.1) is 12.3 Å². The lowest BCUT2D eigenvalue weighted by Gasteiger charge is -2.12. The SMILES string of the molecule is CCCCCn1c(C#N)cc(N)c1OCCCC. The third-order valence-electron chi connectivity index (χ3n) is 2.91. The maximum absolute atomic E-state index is 9.10. The van der Waals surface area contributed by atoms with Crippen molar-refractivity contribution in [1.82, 2.24) is 4.57 Å². The van der Waals surface area contributed by atoms with Gasteiger partial charge >= 0.3 is 0 Å². The summed E-state index contributed by atoms with van der Waals surface area (Å²) in [5.74, 6) is 0.663. The molecular formula is C14H23N3O. The normalized spacial score (nSPS) is 10.3. The van der Waals surface area contributed by atoms with Crippen molar-refractivity contribution >= 4 is 5.69 Å². The Balaban J connectivity index is 2.78. The van der Waals surface area contributed by atoms with Crippen LogP contribution in [0.15, 0.2) is 6.07 Å². The minimum absolute atomic E-state index is 0.569. The van der Waals surface area contributed by atoms with Crippen LogP contribution in [-0.2, 0) is 6.54 Å². The molecule has 18 heavy (non-hydrogen) atoms. The van der Waals surface area contributed by atoms with Gasteiger partial charge in [-0.3, -0.25) is 0 Å². The molecule has 0 aliphatic heterocycles. The zero-order valence-corrected chi connectivity index (χ0v) is 11.4. The number of unbranched alkanes of at least 4 members (excludes halogenated alkanes) is 3. The summed E-state index contributed by atoms with van der Waals surface area (Å²) in [5, 5.41) is 9.10. The molecule has 0 unspecified atom stereocenters. The van der Waals surface area contributed by atoms with Crippen LogP contribution < -0.4 is 10.5 Å². The van der Waals surface area contributed by atoms with E-state index in [0.29, 0.717) is 23.9 Å². The molecule has 0 saturated heterocycles. The molecule has 100 valence electrons. The summed E-state index contributed by atoms with van der Waals surface area (Å²) >= 11 is 0. The van der Waals surface area contributed by atoms with E-state index in [-0.39, 0.29) is 0 Å². The lowest BCUT2D eigenvalue weighted by molar-refractivity contribution is 0.283. The van der Waals surface area contributed by atoms with Crippen LogP contribution in [0.25, 0.3) is 0 Å². The van der Waals surface area contributed by atoms with Gasteiger partial charge < -0.3 is 15.0 Å². The highest BCUT2D eigenvalue weighted by Gasteiger charge is 2.13. The monoisotopic (exact) mass is 249 g/mol. The van der Waals surface area contributed by atoms with E-state index in [1.165, 1.54) is 0 Å². The molecule has 0 fully saturated rings. The van der Waals surface area contributed by atoms with Crippen molar-refractivity contribution in [3.05, 3.63) is 11.8 Å². The Morgan fingerprint density at radius 1 is 1.28 bits per heavy atom. The number of nitriles is 1. The Morgan fingerprint density at radius 2 is 2.00 bits per heavy atom. The highest BCUT2D eigenvalue weighted by molar-refractivity contribution is 5.55. The van der Waals surface area contributed by atoms with Gasteiger partial charge in [0.1, 0.15) is 11.8 Å². The van der Waals surface area contributed by atoms with Crippen LogP contribution in [0.3, 0.4) is 0 Å². The number of nitrogen functional groups attached to an aromatic ring is 1. The first-order chi connectivity index (χ1) is 8.74. The first kappa shape index (κ1) is 14.4. The second kappa shape index (κ2) is 7.65. The van der Waals surface area contributed by atoms with Gasteiger partial charge in [0.2, 0.25) is 5.88 Å². The van der Waals surface area contributed by atoms with Crippen molar-refractivity contribution in [1.29, 1.82) is 5.26 Å². The summed E-state index contributed by atoms with van der Waals surface area (Å²) in [4.78, 5) is 0. The predicted octanol–water partition coefficient (Wildman–Crippen LogP) is 3.31. The zero-order valence-electron chi connectivity index (χ0n) is 11.4. The molecule has 0 aliphatic carbocycles. The van der Waals surface area contributed by atoms with E-state index in [1.807, 2.05) is 4.57 Å². The topological polar surface area (TPSA) is 64.0 Å². The van der Waals surface area contributed by atoms with E-state index in [4.69, 9.17) is 15.7 Å². The number of nitrogens with zero attached hydrogens (tertiary/aromatic N) is 2. The number of aromatic nitrogens is 1. The van der Waals surface area contributed by atoms with Gasteiger partial charge in [0.15, 0.2) is 0 Å². The fourth-order valence-corrected chi connectivity index (χ4v) is 1.86. The Labute approximate surface area is 109 Å². The molecule has 1 aromatic rings. The van der Waals surface area contributed by atoms with Crippen LogP contribution in [0.5, 0.6) is 5.88 Å². The number of ether oxygens (including phenoxy) is 1. The smallest absolute Gasteiger partial charge is 0.218 e. The van der Waals surface area contributed by atoms with E-state index in [2.05, 4.69) is 19.9 Å². The van der Waals surface area contributed by atoms with Gasteiger partial charge in [0.25, 0.3) is 0 Å². The minimum Gasteiger partial charge on any atom is -0.477 e. The van der Waals surface area contributed by atoms with Gasteiger partial charge in [-0.15, -0.1) is 0 Å². The molecule has 1 rings (SSSR count). The molecule has 0 aromatic carbocycles. The second-order valence-corrected chi connectivity index (χ2v) is 4.46. The van der Waals surface area contributed by atoms with Gasteiger partial charge in [-0.25, -0.2) is 0 Å². The van der Waals surface area contributed by atoms with Gasteiger partial charge in [-0.1, -0.05) is 33.1 Å². The van der Waals surface area contributed by atoms with Crippen molar-refractivity contribution < 1.29 is 4.74 Å². The molecule has 1 heterocycles. The van der Waals surface area contributed by atoms with Crippen LogP contribution in [0, 0.1) is 11.3 Å². The number of nitrogens with two attached hydrogens (primary N) is 1. The van der Waals surface area contributed by atoms with Gasteiger partial charge in [-0.05, 0) is 12.8 Å². The highest BCUT2D eigenvalue weighted by Crippen LogP contribution is 2.27. The minimum atomic E-state index is 0.569. The Kier molecular flexibility index (Phi) is 6.13. The van der Waals surface area contributed by atoms with Gasteiger partial charge in [-0.2, -0.15) is 5.26 Å². The van der Waals surface area contributed by atoms with Crippen molar-refractivity contribution in [3.63, 3.8) is 0 Å². The number of rotatable bonds is 8. The predicted molar refractivity (Wildman–Crippen MR) is 73.5 cm³/mol. The van der Waals surface area contributed by atoms with E-state index in [9.17, 15) is 0 Å². The average Bonchev–Trinajstić information content (AvgIpc) is 2.67. The summed E-state index contributed by atoms with van der Waals surface area (Å²) in [5.41, 5.74) is 7.07. The fraction of sp³-hybridized carbons (Fsp3) is 0.643. The van der Waals surface area contributed by atoms with E-state index in [0.717, 1.165) is 38.6 Å².